The molecule has 0 aliphatic rings. The van der Waals surface area contributed by atoms with Gasteiger partial charge in [0.2, 0.25) is 0 Å². The average molecular weight is 391 g/mol. The van der Waals surface area contributed by atoms with Crippen molar-refractivity contribution in [2.24, 2.45) is 0 Å². The Morgan fingerprint density at radius 1 is 1.37 bits per heavy atom. The fourth-order valence-corrected chi connectivity index (χ4v) is 3.36. The van der Waals surface area contributed by atoms with E-state index in [1.54, 1.807) is 33.4 Å². The lowest BCUT2D eigenvalue weighted by atomic mass is 9.97. The van der Waals surface area contributed by atoms with Crippen molar-refractivity contribution in [1.29, 1.82) is 0 Å². The number of halogens is 2. The number of aryl methyl sites for hydroxylation is 2. The number of fused-ring (bicyclic) bond motifs is 1. The van der Waals surface area contributed by atoms with Gasteiger partial charge in [-0.2, -0.15) is 5.10 Å². The normalized spacial score (nSPS) is 12.5. The molecule has 6 nitrogen and oxygen atoms in total. The summed E-state index contributed by atoms with van der Waals surface area (Å²) in [4.78, 5) is 20.9. The van der Waals surface area contributed by atoms with Gasteiger partial charge in [0.15, 0.2) is 11.5 Å². The summed E-state index contributed by atoms with van der Waals surface area (Å²) >= 11 is 6.38. The maximum atomic E-state index is 14.2. The van der Waals surface area contributed by atoms with Crippen LogP contribution in [0.1, 0.15) is 41.2 Å². The fraction of sp³-hybridized carbons (Fsp3) is 0.368. The van der Waals surface area contributed by atoms with Crippen LogP contribution in [-0.2, 0) is 22.4 Å². The highest BCUT2D eigenvalue weighted by Gasteiger charge is 2.19. The average Bonchev–Trinajstić information content (AvgIpc) is 2.98. The predicted octanol–water partition coefficient (Wildman–Crippen LogP) is 3.60. The monoisotopic (exact) mass is 390 g/mol. The zero-order chi connectivity index (χ0) is 19.7. The standard InChI is InChI=1S/C19H20ClFN4O2/c1-10-18(20)17(11(2)27-4)14(8-22-10)7-15(26)5-13-6-16(21)19-23-12(3)24-25(19)9-13/h6,8-9,11H,5,7H2,1-4H3. The highest BCUT2D eigenvalue weighted by Crippen LogP contribution is 2.30. The number of ether oxygens (including phenoxy) is 1. The zero-order valence-corrected chi connectivity index (χ0v) is 16.3. The minimum Gasteiger partial charge on any atom is -0.377 e. The second kappa shape index (κ2) is 7.70. The molecule has 0 bridgehead atoms. The molecule has 0 aliphatic heterocycles. The lowest BCUT2D eigenvalue weighted by Gasteiger charge is -2.17. The summed E-state index contributed by atoms with van der Waals surface area (Å²) < 4.78 is 20.9. The molecule has 0 spiro atoms. The largest absolute Gasteiger partial charge is 0.377 e. The van der Waals surface area contributed by atoms with E-state index in [0.29, 0.717) is 27.7 Å². The molecule has 0 amide bonds. The molecule has 3 heterocycles. The summed E-state index contributed by atoms with van der Waals surface area (Å²) in [5.74, 6) is -0.123. The van der Waals surface area contributed by atoms with Crippen molar-refractivity contribution in [3.63, 3.8) is 0 Å². The maximum absolute atomic E-state index is 14.2. The molecule has 0 N–H and O–H groups in total. The third kappa shape index (κ3) is 3.99. The van der Waals surface area contributed by atoms with E-state index in [9.17, 15) is 9.18 Å². The van der Waals surface area contributed by atoms with Gasteiger partial charge in [-0.1, -0.05) is 11.6 Å². The van der Waals surface area contributed by atoms with Crippen LogP contribution in [0.15, 0.2) is 18.5 Å². The molecule has 0 saturated carbocycles. The number of Topliss-reactive ketones (excluding diaryl/α,β-unsaturated/α-hetero) is 1. The summed E-state index contributed by atoms with van der Waals surface area (Å²) in [6, 6.07) is 1.32. The third-order valence-corrected chi connectivity index (χ3v) is 4.89. The van der Waals surface area contributed by atoms with Gasteiger partial charge in [-0.25, -0.2) is 13.9 Å². The van der Waals surface area contributed by atoms with Crippen molar-refractivity contribution in [2.75, 3.05) is 7.11 Å². The minimum absolute atomic E-state index is 0.0675. The number of rotatable bonds is 6. The van der Waals surface area contributed by atoms with Gasteiger partial charge in [0.25, 0.3) is 0 Å². The second-order valence-electron chi connectivity index (χ2n) is 6.49. The van der Waals surface area contributed by atoms with Crippen LogP contribution in [0.25, 0.3) is 5.65 Å². The van der Waals surface area contributed by atoms with E-state index in [0.717, 1.165) is 5.56 Å². The lowest BCUT2D eigenvalue weighted by Crippen LogP contribution is -2.12. The molecule has 142 valence electrons. The number of carbonyl (C=O) groups is 1. The number of aromatic nitrogens is 4. The van der Waals surface area contributed by atoms with Gasteiger partial charge in [0.05, 0.1) is 16.8 Å². The van der Waals surface area contributed by atoms with Crippen LogP contribution in [0.4, 0.5) is 4.39 Å². The Morgan fingerprint density at radius 2 is 2.11 bits per heavy atom. The molecular weight excluding hydrogens is 371 g/mol. The van der Waals surface area contributed by atoms with Crippen molar-refractivity contribution in [2.45, 2.75) is 39.7 Å². The van der Waals surface area contributed by atoms with Gasteiger partial charge < -0.3 is 4.74 Å². The Kier molecular flexibility index (Phi) is 5.53. The van der Waals surface area contributed by atoms with E-state index < -0.39 is 5.82 Å². The van der Waals surface area contributed by atoms with Gasteiger partial charge in [-0.15, -0.1) is 0 Å². The third-order valence-electron chi connectivity index (χ3n) is 4.41. The van der Waals surface area contributed by atoms with Crippen molar-refractivity contribution in [1.82, 2.24) is 19.6 Å². The first-order valence-electron chi connectivity index (χ1n) is 8.50. The number of ketones is 1. The van der Waals surface area contributed by atoms with E-state index in [1.807, 2.05) is 6.92 Å². The number of pyridine rings is 2. The van der Waals surface area contributed by atoms with Crippen molar-refractivity contribution in [3.05, 3.63) is 57.5 Å². The van der Waals surface area contributed by atoms with Gasteiger partial charge in [0, 0.05) is 37.9 Å². The van der Waals surface area contributed by atoms with Gasteiger partial charge in [-0.05, 0) is 38.0 Å². The first kappa shape index (κ1) is 19.4. The molecule has 0 fully saturated rings. The summed E-state index contributed by atoms with van der Waals surface area (Å²) in [7, 11) is 1.58. The van der Waals surface area contributed by atoms with Crippen LogP contribution in [-0.4, -0.2) is 32.5 Å². The van der Waals surface area contributed by atoms with Crippen LogP contribution in [0.5, 0.6) is 0 Å². The Morgan fingerprint density at radius 3 is 2.81 bits per heavy atom. The zero-order valence-electron chi connectivity index (χ0n) is 15.6. The van der Waals surface area contributed by atoms with Crippen molar-refractivity contribution in [3.8, 4) is 0 Å². The Bertz CT molecular complexity index is 1020. The lowest BCUT2D eigenvalue weighted by molar-refractivity contribution is -0.117. The Balaban J connectivity index is 1.85. The first-order valence-corrected chi connectivity index (χ1v) is 8.87. The Hall–Kier alpha value is -2.38. The summed E-state index contributed by atoms with van der Waals surface area (Å²) in [5, 5.41) is 4.61. The molecule has 3 aromatic rings. The molecule has 0 aliphatic carbocycles. The first-order chi connectivity index (χ1) is 12.8. The molecule has 3 rings (SSSR count). The molecule has 1 unspecified atom stereocenters. The number of carbonyl (C=O) groups excluding carboxylic acids is 1. The molecular formula is C19H20ClFN4O2. The van der Waals surface area contributed by atoms with Gasteiger partial charge in [0.1, 0.15) is 11.6 Å². The van der Waals surface area contributed by atoms with E-state index in [2.05, 4.69) is 15.1 Å². The van der Waals surface area contributed by atoms with Gasteiger partial charge in [-0.3, -0.25) is 9.78 Å². The summed E-state index contributed by atoms with van der Waals surface area (Å²) in [6.07, 6.45) is 3.20. The smallest absolute Gasteiger partial charge is 0.191 e. The summed E-state index contributed by atoms with van der Waals surface area (Å²) in [5.41, 5.74) is 2.83. The predicted molar refractivity (Wildman–Crippen MR) is 99.5 cm³/mol. The highest BCUT2D eigenvalue weighted by molar-refractivity contribution is 6.32. The molecule has 0 radical (unpaired) electrons. The summed E-state index contributed by atoms with van der Waals surface area (Å²) in [6.45, 7) is 5.35. The van der Waals surface area contributed by atoms with Crippen molar-refractivity contribution >= 4 is 23.0 Å². The fourth-order valence-electron chi connectivity index (χ4n) is 3.04. The van der Waals surface area contributed by atoms with Crippen LogP contribution in [0.3, 0.4) is 0 Å². The van der Waals surface area contributed by atoms with E-state index >= 15 is 0 Å². The van der Waals surface area contributed by atoms with Crippen molar-refractivity contribution < 1.29 is 13.9 Å². The molecule has 0 aromatic carbocycles. The molecule has 0 saturated heterocycles. The minimum atomic E-state index is -0.505. The Labute approximate surface area is 161 Å². The van der Waals surface area contributed by atoms with Crippen LogP contribution in [0, 0.1) is 19.7 Å². The van der Waals surface area contributed by atoms with Crippen LogP contribution >= 0.6 is 11.6 Å². The maximum Gasteiger partial charge on any atom is 0.191 e. The van der Waals surface area contributed by atoms with E-state index in [1.165, 1.54) is 10.6 Å². The molecule has 8 heteroatoms. The number of hydrogen-bond donors (Lipinski definition) is 0. The quantitative estimate of drug-likeness (QED) is 0.643. The van der Waals surface area contributed by atoms with Crippen LogP contribution < -0.4 is 0 Å². The molecule has 1 atom stereocenters. The second-order valence-corrected chi connectivity index (χ2v) is 6.87. The van der Waals surface area contributed by atoms with E-state index in [-0.39, 0.29) is 30.4 Å². The highest BCUT2D eigenvalue weighted by atomic mass is 35.5. The molecule has 3 aromatic heterocycles. The molecule has 27 heavy (non-hydrogen) atoms. The van der Waals surface area contributed by atoms with Crippen LogP contribution in [0.2, 0.25) is 5.02 Å². The van der Waals surface area contributed by atoms with Gasteiger partial charge >= 0.3 is 0 Å². The SMILES string of the molecule is COC(C)c1c(CC(=O)Cc2cc(F)c3nc(C)nn3c2)cnc(C)c1Cl. The topological polar surface area (TPSA) is 69.4 Å². The van der Waals surface area contributed by atoms with E-state index in [4.69, 9.17) is 16.3 Å². The number of hydrogen-bond acceptors (Lipinski definition) is 5. The number of nitrogens with zero attached hydrogens (tertiary/aromatic N) is 4. The number of methoxy groups -OCH3 is 1.